The number of aryl methyl sites for hydroxylation is 3. The summed E-state index contributed by atoms with van der Waals surface area (Å²) in [7, 11) is 0. The van der Waals surface area contributed by atoms with E-state index in [1.807, 2.05) is 0 Å². The molecule has 0 unspecified atom stereocenters. The molecule has 0 aliphatic heterocycles. The third-order valence-electron chi connectivity index (χ3n) is 4.14. The molecule has 0 aromatic heterocycles. The maximum absolute atomic E-state index is 3.58. The van der Waals surface area contributed by atoms with E-state index >= 15 is 0 Å². The van der Waals surface area contributed by atoms with Crippen molar-refractivity contribution in [3.8, 4) is 11.1 Å². The van der Waals surface area contributed by atoms with Gasteiger partial charge in [0, 0.05) is 12.6 Å². The Labute approximate surface area is 122 Å². The van der Waals surface area contributed by atoms with Crippen molar-refractivity contribution in [1.82, 2.24) is 5.32 Å². The number of hydrogen-bond acceptors (Lipinski definition) is 1. The zero-order chi connectivity index (χ0) is 14.1. The van der Waals surface area contributed by atoms with Gasteiger partial charge in [0.1, 0.15) is 0 Å². The van der Waals surface area contributed by atoms with Crippen LogP contribution in [0.15, 0.2) is 36.4 Å². The smallest absolute Gasteiger partial charge is 0.0208 e. The number of nitrogens with one attached hydrogen (secondary N) is 1. The van der Waals surface area contributed by atoms with Gasteiger partial charge in [-0.1, -0.05) is 42.0 Å². The van der Waals surface area contributed by atoms with Crippen LogP contribution < -0.4 is 5.32 Å². The molecule has 1 saturated carbocycles. The quantitative estimate of drug-likeness (QED) is 0.856. The molecule has 1 aliphatic rings. The van der Waals surface area contributed by atoms with Crippen molar-refractivity contribution >= 4 is 0 Å². The zero-order valence-electron chi connectivity index (χ0n) is 12.7. The summed E-state index contributed by atoms with van der Waals surface area (Å²) in [6.07, 6.45) is 2.69. The molecule has 0 amide bonds. The summed E-state index contributed by atoms with van der Waals surface area (Å²) in [6.45, 7) is 7.56. The van der Waals surface area contributed by atoms with Gasteiger partial charge in [-0.25, -0.2) is 0 Å². The molecule has 1 aliphatic carbocycles. The van der Waals surface area contributed by atoms with Gasteiger partial charge in [0.2, 0.25) is 0 Å². The second kappa shape index (κ2) is 5.41. The van der Waals surface area contributed by atoms with E-state index in [4.69, 9.17) is 0 Å². The van der Waals surface area contributed by atoms with Gasteiger partial charge >= 0.3 is 0 Å². The predicted octanol–water partition coefficient (Wildman–Crippen LogP) is 4.53. The zero-order valence-corrected chi connectivity index (χ0v) is 12.7. The highest BCUT2D eigenvalue weighted by Gasteiger charge is 2.19. The molecule has 0 heterocycles. The van der Waals surface area contributed by atoms with Crippen molar-refractivity contribution in [2.45, 2.75) is 46.2 Å². The number of hydrogen-bond donors (Lipinski definition) is 1. The van der Waals surface area contributed by atoms with Crippen LogP contribution >= 0.6 is 0 Å². The molecule has 1 N–H and O–H groups in total. The van der Waals surface area contributed by atoms with Crippen molar-refractivity contribution in [2.75, 3.05) is 0 Å². The van der Waals surface area contributed by atoms with Crippen LogP contribution in [0.25, 0.3) is 11.1 Å². The van der Waals surface area contributed by atoms with Gasteiger partial charge in [-0.3, -0.25) is 0 Å². The van der Waals surface area contributed by atoms with Gasteiger partial charge in [-0.15, -0.1) is 0 Å². The van der Waals surface area contributed by atoms with E-state index in [9.17, 15) is 0 Å². The normalized spacial score (nSPS) is 14.6. The molecule has 0 saturated heterocycles. The maximum atomic E-state index is 3.58. The van der Waals surface area contributed by atoms with Gasteiger partial charge in [0.15, 0.2) is 0 Å². The van der Waals surface area contributed by atoms with E-state index in [0.717, 1.165) is 12.6 Å². The van der Waals surface area contributed by atoms with Crippen molar-refractivity contribution < 1.29 is 0 Å². The van der Waals surface area contributed by atoms with Crippen molar-refractivity contribution in [1.29, 1.82) is 0 Å². The fraction of sp³-hybridized carbons (Fsp3) is 0.368. The average Bonchev–Trinajstić information content (AvgIpc) is 3.22. The van der Waals surface area contributed by atoms with E-state index in [1.165, 1.54) is 46.2 Å². The molecule has 1 fully saturated rings. The molecule has 0 spiro atoms. The molecule has 0 radical (unpaired) electrons. The highest BCUT2D eigenvalue weighted by atomic mass is 14.9. The van der Waals surface area contributed by atoms with Crippen molar-refractivity contribution in [3.63, 3.8) is 0 Å². The molecule has 1 nitrogen and oxygen atoms in total. The molecule has 2 aromatic carbocycles. The second-order valence-electron chi connectivity index (χ2n) is 6.12. The Balaban J connectivity index is 1.85. The highest BCUT2D eigenvalue weighted by molar-refractivity contribution is 5.71. The topological polar surface area (TPSA) is 12.0 Å². The molecule has 3 rings (SSSR count). The Morgan fingerprint density at radius 1 is 0.900 bits per heavy atom. The van der Waals surface area contributed by atoms with Crippen LogP contribution in [0.1, 0.15) is 35.1 Å². The molecule has 0 bridgehead atoms. The minimum Gasteiger partial charge on any atom is -0.310 e. The minimum absolute atomic E-state index is 0.773. The van der Waals surface area contributed by atoms with Crippen LogP contribution in [0.3, 0.4) is 0 Å². The third-order valence-corrected chi connectivity index (χ3v) is 4.14. The standard InChI is InChI=1S/C19H23N/c1-13-4-8-18(14(2)10-13)19-9-5-16(11-15(19)3)12-20-17-6-7-17/h4-5,8-11,17,20H,6-7,12H2,1-3H3. The first-order valence-corrected chi connectivity index (χ1v) is 7.54. The summed E-state index contributed by atoms with van der Waals surface area (Å²) in [5, 5.41) is 3.58. The number of benzene rings is 2. The van der Waals surface area contributed by atoms with Crippen LogP contribution in [-0.4, -0.2) is 6.04 Å². The summed E-state index contributed by atoms with van der Waals surface area (Å²) < 4.78 is 0. The fourth-order valence-electron chi connectivity index (χ4n) is 2.80. The Morgan fingerprint density at radius 3 is 2.15 bits per heavy atom. The first-order chi connectivity index (χ1) is 9.63. The third kappa shape index (κ3) is 2.94. The van der Waals surface area contributed by atoms with Crippen LogP contribution in [-0.2, 0) is 6.54 Å². The lowest BCUT2D eigenvalue weighted by atomic mass is 9.94. The molecule has 2 aromatic rings. The van der Waals surface area contributed by atoms with Crippen LogP contribution in [0.5, 0.6) is 0 Å². The Bertz CT molecular complexity index is 624. The lowest BCUT2D eigenvalue weighted by molar-refractivity contribution is 0.687. The minimum atomic E-state index is 0.773. The lowest BCUT2D eigenvalue weighted by Crippen LogP contribution is -2.15. The van der Waals surface area contributed by atoms with Crippen molar-refractivity contribution in [3.05, 3.63) is 58.7 Å². The predicted molar refractivity (Wildman–Crippen MR) is 86.0 cm³/mol. The van der Waals surface area contributed by atoms with Crippen molar-refractivity contribution in [2.24, 2.45) is 0 Å². The Hall–Kier alpha value is -1.60. The summed E-state index contributed by atoms with van der Waals surface area (Å²) in [5.74, 6) is 0. The molecular formula is C19H23N. The Kier molecular flexibility index (Phi) is 3.62. The summed E-state index contributed by atoms with van der Waals surface area (Å²) in [6, 6.07) is 14.3. The first kappa shape index (κ1) is 13.4. The van der Waals surface area contributed by atoms with E-state index in [-0.39, 0.29) is 0 Å². The largest absolute Gasteiger partial charge is 0.310 e. The van der Waals surface area contributed by atoms with E-state index < -0.39 is 0 Å². The Morgan fingerprint density at radius 2 is 1.55 bits per heavy atom. The fourth-order valence-corrected chi connectivity index (χ4v) is 2.80. The lowest BCUT2D eigenvalue weighted by Gasteiger charge is -2.12. The van der Waals surface area contributed by atoms with E-state index in [2.05, 4.69) is 62.5 Å². The van der Waals surface area contributed by atoms with Crippen LogP contribution in [0, 0.1) is 20.8 Å². The molecule has 20 heavy (non-hydrogen) atoms. The summed E-state index contributed by atoms with van der Waals surface area (Å²) in [5.41, 5.74) is 8.16. The van der Waals surface area contributed by atoms with Gasteiger partial charge in [0.25, 0.3) is 0 Å². The number of rotatable bonds is 4. The second-order valence-corrected chi connectivity index (χ2v) is 6.12. The molecule has 0 atom stereocenters. The maximum Gasteiger partial charge on any atom is 0.0208 e. The van der Waals surface area contributed by atoms with Crippen LogP contribution in [0.2, 0.25) is 0 Å². The summed E-state index contributed by atoms with van der Waals surface area (Å²) >= 11 is 0. The van der Waals surface area contributed by atoms with Gasteiger partial charge in [-0.05, 0) is 61.4 Å². The first-order valence-electron chi connectivity index (χ1n) is 7.54. The van der Waals surface area contributed by atoms with Crippen LogP contribution in [0.4, 0.5) is 0 Å². The molecule has 104 valence electrons. The monoisotopic (exact) mass is 265 g/mol. The van der Waals surface area contributed by atoms with E-state index in [1.54, 1.807) is 0 Å². The molecule has 1 heteroatoms. The average molecular weight is 265 g/mol. The SMILES string of the molecule is Cc1ccc(-c2ccc(CNC3CC3)cc2C)c(C)c1. The molecular weight excluding hydrogens is 242 g/mol. The summed E-state index contributed by atoms with van der Waals surface area (Å²) in [4.78, 5) is 0. The van der Waals surface area contributed by atoms with Gasteiger partial charge in [0.05, 0.1) is 0 Å². The highest BCUT2D eigenvalue weighted by Crippen LogP contribution is 2.28. The van der Waals surface area contributed by atoms with Gasteiger partial charge < -0.3 is 5.32 Å². The van der Waals surface area contributed by atoms with Gasteiger partial charge in [-0.2, -0.15) is 0 Å². The van der Waals surface area contributed by atoms with E-state index in [0.29, 0.717) is 0 Å².